The van der Waals surface area contributed by atoms with E-state index in [1.54, 1.807) is 5.48 Å². The van der Waals surface area contributed by atoms with Crippen molar-refractivity contribution in [1.29, 1.82) is 0 Å². The lowest BCUT2D eigenvalue weighted by molar-refractivity contribution is 0.0705. The number of aromatic amines is 1. The Bertz CT molecular complexity index is 917. The molecule has 0 bridgehead atoms. The summed E-state index contributed by atoms with van der Waals surface area (Å²) < 4.78 is 0. The van der Waals surface area contributed by atoms with Crippen molar-refractivity contribution in [3.05, 3.63) is 53.0 Å². The van der Waals surface area contributed by atoms with Crippen molar-refractivity contribution in [3.63, 3.8) is 0 Å². The minimum atomic E-state index is -0.617. The lowest BCUT2D eigenvalue weighted by atomic mass is 10.0. The predicted molar refractivity (Wildman–Crippen MR) is 89.1 cm³/mol. The maximum absolute atomic E-state index is 11.3. The Kier molecular flexibility index (Phi) is 3.42. The maximum atomic E-state index is 11.3. The van der Waals surface area contributed by atoms with Crippen LogP contribution in [0.1, 0.15) is 27.2 Å². The molecule has 0 saturated heterocycles. The highest BCUT2D eigenvalue weighted by molar-refractivity contribution is 5.92. The number of benzene rings is 1. The zero-order chi connectivity index (χ0) is 16.7. The molecule has 0 fully saturated rings. The zero-order valence-electron chi connectivity index (χ0n) is 13.2. The highest BCUT2D eigenvalue weighted by Gasteiger charge is 2.22. The summed E-state index contributed by atoms with van der Waals surface area (Å²) in [5.74, 6) is -0.0425. The summed E-state index contributed by atoms with van der Waals surface area (Å²) >= 11 is 0. The average Bonchev–Trinajstić information content (AvgIpc) is 3.00. The van der Waals surface area contributed by atoms with Gasteiger partial charge in [-0.2, -0.15) is 0 Å². The summed E-state index contributed by atoms with van der Waals surface area (Å²) in [6.07, 6.45) is 3.75. The van der Waals surface area contributed by atoms with Gasteiger partial charge in [-0.15, -0.1) is 0 Å². The molecule has 122 valence electrons. The molecule has 0 atom stereocenters. The van der Waals surface area contributed by atoms with E-state index in [1.165, 1.54) is 40.1 Å². The molecule has 3 heterocycles. The standard InChI is InChI=1S/C17H17N5O2/c1-10-3-2-4-13-12-5-6-22(9-14(12)20-15(10)13)17-18-7-11(8-19-17)16(23)21-24/h2-4,7-8,20,24H,5-6,9H2,1H3,(H,21,23). The van der Waals surface area contributed by atoms with Crippen LogP contribution in [0.25, 0.3) is 10.9 Å². The third kappa shape index (κ3) is 2.30. The number of hydrogen-bond donors (Lipinski definition) is 3. The molecule has 3 aromatic rings. The molecule has 0 aliphatic carbocycles. The fourth-order valence-electron chi connectivity index (χ4n) is 3.25. The summed E-state index contributed by atoms with van der Waals surface area (Å²) in [7, 11) is 0. The summed E-state index contributed by atoms with van der Waals surface area (Å²) in [4.78, 5) is 25.4. The minimum Gasteiger partial charge on any atom is -0.356 e. The Morgan fingerprint density at radius 3 is 2.88 bits per heavy atom. The first-order valence-corrected chi connectivity index (χ1v) is 7.78. The molecule has 2 aromatic heterocycles. The number of nitrogens with zero attached hydrogens (tertiary/aromatic N) is 3. The number of para-hydroxylation sites is 1. The van der Waals surface area contributed by atoms with Crippen molar-refractivity contribution < 1.29 is 10.0 Å². The van der Waals surface area contributed by atoms with Gasteiger partial charge in [-0.05, 0) is 24.5 Å². The molecule has 0 radical (unpaired) electrons. The Morgan fingerprint density at radius 2 is 2.12 bits per heavy atom. The van der Waals surface area contributed by atoms with Crippen LogP contribution in [-0.4, -0.2) is 32.6 Å². The van der Waals surface area contributed by atoms with Crippen LogP contribution in [0.3, 0.4) is 0 Å². The van der Waals surface area contributed by atoms with E-state index in [-0.39, 0.29) is 5.56 Å². The molecule has 7 nitrogen and oxygen atoms in total. The van der Waals surface area contributed by atoms with Crippen molar-refractivity contribution in [3.8, 4) is 0 Å². The van der Waals surface area contributed by atoms with Crippen LogP contribution in [0.4, 0.5) is 5.95 Å². The summed E-state index contributed by atoms with van der Waals surface area (Å²) in [5, 5.41) is 9.93. The monoisotopic (exact) mass is 323 g/mol. The normalized spacial score (nSPS) is 13.8. The van der Waals surface area contributed by atoms with Gasteiger partial charge in [-0.3, -0.25) is 10.0 Å². The summed E-state index contributed by atoms with van der Waals surface area (Å²) in [6, 6.07) is 6.36. The van der Waals surface area contributed by atoms with Crippen molar-refractivity contribution in [1.82, 2.24) is 20.4 Å². The molecule has 24 heavy (non-hydrogen) atoms. The first-order valence-electron chi connectivity index (χ1n) is 7.78. The van der Waals surface area contributed by atoms with Crippen LogP contribution in [-0.2, 0) is 13.0 Å². The molecule has 7 heteroatoms. The Hall–Kier alpha value is -2.93. The van der Waals surface area contributed by atoms with Gasteiger partial charge < -0.3 is 9.88 Å². The highest BCUT2D eigenvalue weighted by Crippen LogP contribution is 2.30. The molecule has 1 aromatic carbocycles. The van der Waals surface area contributed by atoms with Gasteiger partial charge in [0, 0.05) is 35.5 Å². The smallest absolute Gasteiger partial charge is 0.277 e. The van der Waals surface area contributed by atoms with Crippen LogP contribution < -0.4 is 10.4 Å². The number of aromatic nitrogens is 3. The lowest BCUT2D eigenvalue weighted by Gasteiger charge is -2.27. The number of rotatable bonds is 2. The third-order valence-electron chi connectivity index (χ3n) is 4.50. The van der Waals surface area contributed by atoms with E-state index in [2.05, 4.69) is 45.0 Å². The number of hydrogen-bond acceptors (Lipinski definition) is 5. The van der Waals surface area contributed by atoms with Gasteiger partial charge in [-0.1, -0.05) is 18.2 Å². The van der Waals surface area contributed by atoms with Crippen LogP contribution >= 0.6 is 0 Å². The van der Waals surface area contributed by atoms with Crippen molar-refractivity contribution in [2.24, 2.45) is 0 Å². The number of nitrogens with one attached hydrogen (secondary N) is 2. The fourth-order valence-corrected chi connectivity index (χ4v) is 3.25. The van der Waals surface area contributed by atoms with Gasteiger partial charge in [0.1, 0.15) is 0 Å². The first kappa shape index (κ1) is 14.6. The van der Waals surface area contributed by atoms with Gasteiger partial charge in [0.25, 0.3) is 5.91 Å². The molecule has 0 spiro atoms. The number of carbonyl (C=O) groups is 1. The number of anilines is 1. The van der Waals surface area contributed by atoms with E-state index in [4.69, 9.17) is 5.21 Å². The van der Waals surface area contributed by atoms with E-state index >= 15 is 0 Å². The van der Waals surface area contributed by atoms with E-state index in [1.807, 2.05) is 0 Å². The SMILES string of the molecule is Cc1cccc2c3c([nH]c12)CN(c1ncc(C(=O)NO)cn1)CC3. The second-order valence-corrected chi connectivity index (χ2v) is 5.96. The van der Waals surface area contributed by atoms with Crippen molar-refractivity contribution >= 4 is 22.8 Å². The largest absolute Gasteiger partial charge is 0.356 e. The Labute approximate surface area is 138 Å². The number of hydroxylamine groups is 1. The second kappa shape index (κ2) is 5.61. The van der Waals surface area contributed by atoms with Crippen molar-refractivity contribution in [2.75, 3.05) is 11.4 Å². The van der Waals surface area contributed by atoms with Crippen LogP contribution in [0.2, 0.25) is 0 Å². The topological polar surface area (TPSA) is 94.1 Å². The average molecular weight is 323 g/mol. The van der Waals surface area contributed by atoms with Crippen molar-refractivity contribution in [2.45, 2.75) is 19.9 Å². The number of fused-ring (bicyclic) bond motifs is 3. The first-order chi connectivity index (χ1) is 11.7. The second-order valence-electron chi connectivity index (χ2n) is 5.96. The van der Waals surface area contributed by atoms with Crippen LogP contribution in [0.5, 0.6) is 0 Å². The number of aryl methyl sites for hydroxylation is 1. The molecule has 3 N–H and O–H groups in total. The summed E-state index contributed by atoms with van der Waals surface area (Å²) in [5.41, 5.74) is 6.78. The quantitative estimate of drug-likeness (QED) is 0.495. The Morgan fingerprint density at radius 1 is 1.33 bits per heavy atom. The van der Waals surface area contributed by atoms with E-state index in [0.717, 1.165) is 13.0 Å². The molecule has 0 unspecified atom stereocenters. The molecule has 1 aliphatic rings. The van der Waals surface area contributed by atoms with E-state index < -0.39 is 5.91 Å². The Balaban J connectivity index is 1.63. The third-order valence-corrected chi connectivity index (χ3v) is 4.50. The molecule has 0 saturated carbocycles. The van der Waals surface area contributed by atoms with Crippen LogP contribution in [0.15, 0.2) is 30.6 Å². The van der Waals surface area contributed by atoms with Gasteiger partial charge in [0.2, 0.25) is 5.95 Å². The zero-order valence-corrected chi connectivity index (χ0v) is 13.2. The molecule has 4 rings (SSSR count). The van der Waals surface area contributed by atoms with Gasteiger partial charge >= 0.3 is 0 Å². The van der Waals surface area contributed by atoms with E-state index in [0.29, 0.717) is 12.5 Å². The number of H-pyrrole nitrogens is 1. The lowest BCUT2D eigenvalue weighted by Crippen LogP contribution is -2.31. The number of carbonyl (C=O) groups excluding carboxylic acids is 1. The molecule has 1 aliphatic heterocycles. The van der Waals surface area contributed by atoms with Gasteiger partial charge in [0.05, 0.1) is 12.1 Å². The molecule has 1 amide bonds. The molecular weight excluding hydrogens is 306 g/mol. The highest BCUT2D eigenvalue weighted by atomic mass is 16.5. The minimum absolute atomic E-state index is 0.222. The fraction of sp³-hybridized carbons (Fsp3) is 0.235. The summed E-state index contributed by atoms with van der Waals surface area (Å²) in [6.45, 7) is 3.63. The van der Waals surface area contributed by atoms with Gasteiger partial charge in [0.15, 0.2) is 0 Å². The van der Waals surface area contributed by atoms with Gasteiger partial charge in [-0.25, -0.2) is 15.4 Å². The van der Waals surface area contributed by atoms with E-state index in [9.17, 15) is 4.79 Å². The number of amides is 1. The van der Waals surface area contributed by atoms with Crippen LogP contribution in [0, 0.1) is 6.92 Å². The molecular formula is C17H17N5O2. The predicted octanol–water partition coefficient (Wildman–Crippen LogP) is 1.95. The maximum Gasteiger partial charge on any atom is 0.277 e.